The Bertz CT molecular complexity index is 369. The summed E-state index contributed by atoms with van der Waals surface area (Å²) in [5, 5.41) is 2.88. The van der Waals surface area contributed by atoms with E-state index in [2.05, 4.69) is 5.32 Å². The molecule has 0 radical (unpaired) electrons. The molecule has 1 saturated heterocycles. The Kier molecular flexibility index (Phi) is 5.99. The molecule has 0 bridgehead atoms. The van der Waals surface area contributed by atoms with Gasteiger partial charge in [0.05, 0.1) is 13.2 Å². The van der Waals surface area contributed by atoms with Crippen LogP contribution in [0.2, 0.25) is 0 Å². The summed E-state index contributed by atoms with van der Waals surface area (Å²) in [4.78, 5) is 26.5. The maximum atomic E-state index is 12.4. The van der Waals surface area contributed by atoms with Crippen LogP contribution < -0.4 is 11.1 Å². The first-order valence-electron chi connectivity index (χ1n) is 8.00. The van der Waals surface area contributed by atoms with E-state index in [0.29, 0.717) is 32.8 Å². The first-order chi connectivity index (χ1) is 10.1. The second-order valence-corrected chi connectivity index (χ2v) is 6.05. The van der Waals surface area contributed by atoms with E-state index < -0.39 is 6.04 Å². The second-order valence-electron chi connectivity index (χ2n) is 6.05. The molecule has 6 heteroatoms. The largest absolute Gasteiger partial charge is 0.378 e. The van der Waals surface area contributed by atoms with E-state index in [0.717, 1.165) is 25.7 Å². The molecule has 2 rings (SSSR count). The van der Waals surface area contributed by atoms with Gasteiger partial charge in [-0.15, -0.1) is 0 Å². The van der Waals surface area contributed by atoms with Crippen molar-refractivity contribution in [3.63, 3.8) is 0 Å². The molecule has 3 atom stereocenters. The Labute approximate surface area is 126 Å². The van der Waals surface area contributed by atoms with Gasteiger partial charge < -0.3 is 20.7 Å². The van der Waals surface area contributed by atoms with Crippen LogP contribution in [0.15, 0.2) is 0 Å². The molecule has 1 aliphatic carbocycles. The molecular formula is C15H27N3O3. The Morgan fingerprint density at radius 3 is 2.62 bits per heavy atom. The Morgan fingerprint density at radius 1 is 1.29 bits per heavy atom. The third-order valence-corrected chi connectivity index (χ3v) is 4.60. The SMILES string of the molecule is CC(NC(=O)C1CCCCC1CN)C(=O)N1CCOCC1. The number of hydrogen-bond acceptors (Lipinski definition) is 4. The quantitative estimate of drug-likeness (QED) is 0.771. The number of hydrogen-bond donors (Lipinski definition) is 2. The van der Waals surface area contributed by atoms with Gasteiger partial charge in [0.25, 0.3) is 0 Å². The molecule has 0 spiro atoms. The van der Waals surface area contributed by atoms with Crippen LogP contribution in [0.1, 0.15) is 32.6 Å². The Hall–Kier alpha value is -1.14. The van der Waals surface area contributed by atoms with Crippen LogP contribution in [0.5, 0.6) is 0 Å². The van der Waals surface area contributed by atoms with Gasteiger partial charge in [0.15, 0.2) is 0 Å². The van der Waals surface area contributed by atoms with Crippen molar-refractivity contribution in [3.05, 3.63) is 0 Å². The summed E-state index contributed by atoms with van der Waals surface area (Å²) in [6.45, 7) is 4.66. The standard InChI is InChI=1S/C15H27N3O3/c1-11(15(20)18-6-8-21-9-7-18)17-14(19)13-5-3-2-4-12(13)10-16/h11-13H,2-10,16H2,1H3,(H,17,19). The van der Waals surface area contributed by atoms with Crippen LogP contribution in [0.4, 0.5) is 0 Å². The highest BCUT2D eigenvalue weighted by Crippen LogP contribution is 2.29. The van der Waals surface area contributed by atoms with Gasteiger partial charge >= 0.3 is 0 Å². The molecular weight excluding hydrogens is 270 g/mol. The van der Waals surface area contributed by atoms with Crippen LogP contribution in [-0.2, 0) is 14.3 Å². The summed E-state index contributed by atoms with van der Waals surface area (Å²) in [6.07, 6.45) is 4.11. The Morgan fingerprint density at radius 2 is 1.95 bits per heavy atom. The number of nitrogens with one attached hydrogen (secondary N) is 1. The molecule has 1 aliphatic heterocycles. The predicted molar refractivity (Wildman–Crippen MR) is 79.5 cm³/mol. The number of nitrogens with two attached hydrogens (primary N) is 1. The Balaban J connectivity index is 1.86. The van der Waals surface area contributed by atoms with E-state index >= 15 is 0 Å². The molecule has 21 heavy (non-hydrogen) atoms. The lowest BCUT2D eigenvalue weighted by Crippen LogP contribution is -2.52. The van der Waals surface area contributed by atoms with E-state index in [-0.39, 0.29) is 23.7 Å². The molecule has 0 aromatic rings. The van der Waals surface area contributed by atoms with Crippen molar-refractivity contribution >= 4 is 11.8 Å². The zero-order valence-corrected chi connectivity index (χ0v) is 12.8. The monoisotopic (exact) mass is 297 g/mol. The molecule has 0 aromatic heterocycles. The summed E-state index contributed by atoms with van der Waals surface area (Å²) >= 11 is 0. The van der Waals surface area contributed by atoms with Crippen LogP contribution in [0.25, 0.3) is 0 Å². The van der Waals surface area contributed by atoms with Crippen LogP contribution in [-0.4, -0.2) is 55.6 Å². The molecule has 1 heterocycles. The van der Waals surface area contributed by atoms with Crippen molar-refractivity contribution in [3.8, 4) is 0 Å². The van der Waals surface area contributed by atoms with Gasteiger partial charge in [-0.25, -0.2) is 0 Å². The minimum atomic E-state index is -0.476. The number of morpholine rings is 1. The normalized spacial score (nSPS) is 28.0. The van der Waals surface area contributed by atoms with Crippen LogP contribution in [0.3, 0.4) is 0 Å². The maximum Gasteiger partial charge on any atom is 0.245 e. The number of nitrogens with zero attached hydrogens (tertiary/aromatic N) is 1. The first-order valence-corrected chi connectivity index (χ1v) is 8.00. The molecule has 120 valence electrons. The molecule has 6 nitrogen and oxygen atoms in total. The summed E-state index contributed by atoms with van der Waals surface area (Å²) in [5.74, 6) is 0.180. The molecule has 1 saturated carbocycles. The van der Waals surface area contributed by atoms with Crippen molar-refractivity contribution in [2.75, 3.05) is 32.8 Å². The minimum absolute atomic E-state index is 0.0146. The number of amides is 2. The van der Waals surface area contributed by atoms with E-state index in [9.17, 15) is 9.59 Å². The predicted octanol–water partition coefficient (Wildman–Crippen LogP) is 0.115. The minimum Gasteiger partial charge on any atom is -0.378 e. The van der Waals surface area contributed by atoms with Gasteiger partial charge in [0.2, 0.25) is 11.8 Å². The summed E-state index contributed by atoms with van der Waals surface area (Å²) < 4.78 is 5.24. The van der Waals surface area contributed by atoms with Gasteiger partial charge in [0, 0.05) is 19.0 Å². The van der Waals surface area contributed by atoms with E-state index in [4.69, 9.17) is 10.5 Å². The highest BCUT2D eigenvalue weighted by atomic mass is 16.5. The van der Waals surface area contributed by atoms with Gasteiger partial charge in [-0.05, 0) is 32.2 Å². The third kappa shape index (κ3) is 4.17. The molecule has 3 N–H and O–H groups in total. The fourth-order valence-electron chi connectivity index (χ4n) is 3.27. The topological polar surface area (TPSA) is 84.7 Å². The number of carbonyl (C=O) groups excluding carboxylic acids is 2. The van der Waals surface area contributed by atoms with Crippen molar-refractivity contribution in [1.29, 1.82) is 0 Å². The van der Waals surface area contributed by atoms with Crippen molar-refractivity contribution in [2.24, 2.45) is 17.6 Å². The van der Waals surface area contributed by atoms with E-state index in [1.54, 1.807) is 11.8 Å². The van der Waals surface area contributed by atoms with Crippen LogP contribution >= 0.6 is 0 Å². The van der Waals surface area contributed by atoms with Gasteiger partial charge in [0.1, 0.15) is 6.04 Å². The summed E-state index contributed by atoms with van der Waals surface area (Å²) in [6, 6.07) is -0.476. The third-order valence-electron chi connectivity index (χ3n) is 4.60. The van der Waals surface area contributed by atoms with E-state index in [1.165, 1.54) is 0 Å². The van der Waals surface area contributed by atoms with Crippen molar-refractivity contribution in [2.45, 2.75) is 38.6 Å². The molecule has 2 amide bonds. The average molecular weight is 297 g/mol. The molecule has 2 aliphatic rings. The van der Waals surface area contributed by atoms with Crippen molar-refractivity contribution in [1.82, 2.24) is 10.2 Å². The van der Waals surface area contributed by atoms with Gasteiger partial charge in [-0.2, -0.15) is 0 Å². The number of carbonyl (C=O) groups is 2. The maximum absolute atomic E-state index is 12.4. The fraction of sp³-hybridized carbons (Fsp3) is 0.867. The smallest absolute Gasteiger partial charge is 0.245 e. The zero-order chi connectivity index (χ0) is 15.2. The summed E-state index contributed by atoms with van der Waals surface area (Å²) in [5.41, 5.74) is 5.77. The number of ether oxygens (including phenoxy) is 1. The average Bonchev–Trinajstić information content (AvgIpc) is 2.54. The lowest BCUT2D eigenvalue weighted by molar-refractivity contribution is -0.140. The number of rotatable bonds is 4. The fourth-order valence-corrected chi connectivity index (χ4v) is 3.27. The molecule has 0 aromatic carbocycles. The molecule has 2 fully saturated rings. The van der Waals surface area contributed by atoms with E-state index in [1.807, 2.05) is 0 Å². The lowest BCUT2D eigenvalue weighted by atomic mass is 9.78. The second kappa shape index (κ2) is 7.75. The summed E-state index contributed by atoms with van der Waals surface area (Å²) in [7, 11) is 0. The van der Waals surface area contributed by atoms with Crippen molar-refractivity contribution < 1.29 is 14.3 Å². The first kappa shape index (κ1) is 16.2. The zero-order valence-electron chi connectivity index (χ0n) is 12.8. The van der Waals surface area contributed by atoms with Crippen LogP contribution in [0, 0.1) is 11.8 Å². The van der Waals surface area contributed by atoms with Gasteiger partial charge in [-0.1, -0.05) is 12.8 Å². The highest BCUT2D eigenvalue weighted by molar-refractivity contribution is 5.88. The van der Waals surface area contributed by atoms with Gasteiger partial charge in [-0.3, -0.25) is 9.59 Å². The molecule has 3 unspecified atom stereocenters. The highest BCUT2D eigenvalue weighted by Gasteiger charge is 2.32. The lowest BCUT2D eigenvalue weighted by Gasteiger charge is -2.32.